The van der Waals surface area contributed by atoms with Gasteiger partial charge in [-0.15, -0.1) is 0 Å². The van der Waals surface area contributed by atoms with Crippen molar-refractivity contribution < 1.29 is 9.53 Å². The van der Waals surface area contributed by atoms with Crippen molar-refractivity contribution in [3.63, 3.8) is 0 Å². The van der Waals surface area contributed by atoms with E-state index in [1.54, 1.807) is 23.1 Å². The Balaban J connectivity index is 2.20. The minimum absolute atomic E-state index is 0.0733. The Hall–Kier alpha value is -2.28. The van der Waals surface area contributed by atoms with Crippen LogP contribution in [0.3, 0.4) is 0 Å². The van der Waals surface area contributed by atoms with E-state index in [9.17, 15) is 10.1 Å². The molecule has 0 saturated carbocycles. The lowest BCUT2D eigenvalue weighted by Crippen LogP contribution is -2.44. The Morgan fingerprint density at radius 2 is 2.33 bits per heavy atom. The van der Waals surface area contributed by atoms with Crippen molar-refractivity contribution in [3.8, 4) is 11.8 Å². The Kier molecular flexibility index (Phi) is 4.64. The minimum atomic E-state index is -0.454. The summed E-state index contributed by atoms with van der Waals surface area (Å²) in [6.07, 6.45) is 3.34. The molecule has 1 unspecified atom stereocenters. The highest BCUT2D eigenvalue weighted by Crippen LogP contribution is 2.30. The first-order chi connectivity index (χ1) is 10.1. The highest BCUT2D eigenvalue weighted by Gasteiger charge is 2.34. The van der Waals surface area contributed by atoms with Crippen LogP contribution in [0.25, 0.3) is 0 Å². The third-order valence-corrected chi connectivity index (χ3v) is 3.73. The fourth-order valence-electron chi connectivity index (χ4n) is 2.59. The maximum Gasteiger partial charge on any atom is 0.257 e. The molecule has 0 radical (unpaired) electrons. The van der Waals surface area contributed by atoms with Crippen LogP contribution in [-0.2, 0) is 0 Å². The van der Waals surface area contributed by atoms with Crippen molar-refractivity contribution in [1.29, 1.82) is 5.26 Å². The molecule has 0 N–H and O–H groups in total. The van der Waals surface area contributed by atoms with Crippen LogP contribution in [0.15, 0.2) is 36.9 Å². The molecule has 21 heavy (non-hydrogen) atoms. The van der Waals surface area contributed by atoms with Gasteiger partial charge in [0.2, 0.25) is 0 Å². The summed E-state index contributed by atoms with van der Waals surface area (Å²) in [7, 11) is 0. The SMILES string of the molecule is C=CCOc1ccccc1C(=O)N1CCCC(C)(C#N)C1. The van der Waals surface area contributed by atoms with E-state index in [-0.39, 0.29) is 5.91 Å². The molecule has 1 fully saturated rings. The molecule has 0 bridgehead atoms. The van der Waals surface area contributed by atoms with Gasteiger partial charge in [-0.2, -0.15) is 5.26 Å². The van der Waals surface area contributed by atoms with Crippen LogP contribution in [0, 0.1) is 16.7 Å². The molecule has 110 valence electrons. The average molecular weight is 284 g/mol. The van der Waals surface area contributed by atoms with E-state index in [1.165, 1.54) is 0 Å². The summed E-state index contributed by atoms with van der Waals surface area (Å²) in [6.45, 7) is 7.04. The highest BCUT2D eigenvalue weighted by molar-refractivity contribution is 5.97. The Morgan fingerprint density at radius 1 is 1.57 bits per heavy atom. The normalized spacial score (nSPS) is 21.4. The predicted molar refractivity (Wildman–Crippen MR) is 81.0 cm³/mol. The second-order valence-corrected chi connectivity index (χ2v) is 5.60. The number of carbonyl (C=O) groups excluding carboxylic acids is 1. The van der Waals surface area contributed by atoms with E-state index < -0.39 is 5.41 Å². The standard InChI is InChI=1S/C17H20N2O2/c1-3-11-21-15-8-5-4-7-14(15)16(20)19-10-6-9-17(2,12-18)13-19/h3-5,7-8H,1,6,9-11,13H2,2H3. The summed E-state index contributed by atoms with van der Waals surface area (Å²) >= 11 is 0. The molecule has 0 aromatic heterocycles. The molecular formula is C17H20N2O2. The van der Waals surface area contributed by atoms with E-state index in [1.807, 2.05) is 19.1 Å². The number of likely N-dealkylation sites (tertiary alicyclic amines) is 1. The number of para-hydroxylation sites is 1. The summed E-state index contributed by atoms with van der Waals surface area (Å²) in [4.78, 5) is 14.5. The van der Waals surface area contributed by atoms with Crippen LogP contribution in [0.5, 0.6) is 5.75 Å². The van der Waals surface area contributed by atoms with E-state index in [2.05, 4.69) is 12.6 Å². The Morgan fingerprint density at radius 3 is 3.05 bits per heavy atom. The van der Waals surface area contributed by atoms with Crippen LogP contribution >= 0.6 is 0 Å². The number of hydrogen-bond donors (Lipinski definition) is 0. The number of amides is 1. The maximum absolute atomic E-state index is 12.7. The van der Waals surface area contributed by atoms with Crippen LogP contribution in [0.1, 0.15) is 30.1 Å². The monoisotopic (exact) mass is 284 g/mol. The van der Waals surface area contributed by atoms with Gasteiger partial charge in [0.05, 0.1) is 17.0 Å². The Labute approximate surface area is 125 Å². The van der Waals surface area contributed by atoms with Crippen LogP contribution in [-0.4, -0.2) is 30.5 Å². The van der Waals surface area contributed by atoms with E-state index in [4.69, 9.17) is 4.74 Å². The quantitative estimate of drug-likeness (QED) is 0.799. The molecule has 1 heterocycles. The summed E-state index contributed by atoms with van der Waals surface area (Å²) in [5.41, 5.74) is 0.0895. The molecule has 1 aromatic rings. The average Bonchev–Trinajstić information content (AvgIpc) is 2.52. The van der Waals surface area contributed by atoms with E-state index >= 15 is 0 Å². The lowest BCUT2D eigenvalue weighted by Gasteiger charge is -2.36. The predicted octanol–water partition coefficient (Wildman–Crippen LogP) is 3.02. The van der Waals surface area contributed by atoms with Crippen molar-refractivity contribution in [2.24, 2.45) is 5.41 Å². The van der Waals surface area contributed by atoms with Crippen molar-refractivity contribution in [3.05, 3.63) is 42.5 Å². The van der Waals surface area contributed by atoms with Gasteiger partial charge in [0.1, 0.15) is 12.4 Å². The zero-order chi connectivity index (χ0) is 15.3. The maximum atomic E-state index is 12.7. The first kappa shape index (κ1) is 15.1. The molecule has 1 aromatic carbocycles. The summed E-state index contributed by atoms with van der Waals surface area (Å²) in [5, 5.41) is 9.27. The molecule has 4 nitrogen and oxygen atoms in total. The highest BCUT2D eigenvalue weighted by atomic mass is 16.5. The fourth-order valence-corrected chi connectivity index (χ4v) is 2.59. The topological polar surface area (TPSA) is 53.3 Å². The van der Waals surface area contributed by atoms with Crippen molar-refractivity contribution in [2.45, 2.75) is 19.8 Å². The second kappa shape index (κ2) is 6.45. The summed E-state index contributed by atoms with van der Waals surface area (Å²) in [5.74, 6) is 0.488. The van der Waals surface area contributed by atoms with Crippen LogP contribution in [0.2, 0.25) is 0 Å². The van der Waals surface area contributed by atoms with Gasteiger partial charge in [-0.05, 0) is 31.9 Å². The van der Waals surface area contributed by atoms with Gasteiger partial charge in [-0.25, -0.2) is 0 Å². The number of nitrogens with zero attached hydrogens (tertiary/aromatic N) is 2. The molecule has 0 aliphatic carbocycles. The van der Waals surface area contributed by atoms with Gasteiger partial charge in [0.15, 0.2) is 0 Å². The summed E-state index contributed by atoms with van der Waals surface area (Å²) < 4.78 is 5.55. The number of hydrogen-bond acceptors (Lipinski definition) is 3. The lowest BCUT2D eigenvalue weighted by atomic mass is 9.83. The van der Waals surface area contributed by atoms with Gasteiger partial charge in [-0.3, -0.25) is 4.79 Å². The number of benzene rings is 1. The summed E-state index contributed by atoms with van der Waals surface area (Å²) in [6, 6.07) is 9.53. The second-order valence-electron chi connectivity index (χ2n) is 5.60. The van der Waals surface area contributed by atoms with Gasteiger partial charge in [0.25, 0.3) is 5.91 Å². The molecule has 0 spiro atoms. The lowest BCUT2D eigenvalue weighted by molar-refractivity contribution is 0.0626. The third-order valence-electron chi connectivity index (χ3n) is 3.73. The zero-order valence-corrected chi connectivity index (χ0v) is 12.3. The molecule has 1 atom stereocenters. The molecule has 1 aliphatic heterocycles. The smallest absolute Gasteiger partial charge is 0.257 e. The van der Waals surface area contributed by atoms with Gasteiger partial charge < -0.3 is 9.64 Å². The van der Waals surface area contributed by atoms with Crippen molar-refractivity contribution in [1.82, 2.24) is 4.90 Å². The molecule has 1 aliphatic rings. The third kappa shape index (κ3) is 3.43. The first-order valence-electron chi connectivity index (χ1n) is 7.13. The van der Waals surface area contributed by atoms with E-state index in [0.717, 1.165) is 12.8 Å². The van der Waals surface area contributed by atoms with Crippen molar-refractivity contribution >= 4 is 5.91 Å². The molecule has 2 rings (SSSR count). The molecular weight excluding hydrogens is 264 g/mol. The first-order valence-corrected chi connectivity index (χ1v) is 7.13. The van der Waals surface area contributed by atoms with Crippen LogP contribution < -0.4 is 4.74 Å². The number of ether oxygens (including phenoxy) is 1. The fraction of sp³-hybridized carbons (Fsp3) is 0.412. The molecule has 4 heteroatoms. The molecule has 1 amide bonds. The number of carbonyl (C=O) groups is 1. The number of nitriles is 1. The van der Waals surface area contributed by atoms with Gasteiger partial charge >= 0.3 is 0 Å². The van der Waals surface area contributed by atoms with Crippen LogP contribution in [0.4, 0.5) is 0 Å². The van der Waals surface area contributed by atoms with E-state index in [0.29, 0.717) is 31.0 Å². The molecule has 1 saturated heterocycles. The minimum Gasteiger partial charge on any atom is -0.489 e. The largest absolute Gasteiger partial charge is 0.489 e. The van der Waals surface area contributed by atoms with Gasteiger partial charge in [0, 0.05) is 13.1 Å². The Bertz CT molecular complexity index is 576. The van der Waals surface area contributed by atoms with Crippen molar-refractivity contribution in [2.75, 3.05) is 19.7 Å². The van der Waals surface area contributed by atoms with Gasteiger partial charge in [-0.1, -0.05) is 24.8 Å². The number of rotatable bonds is 4. The zero-order valence-electron chi connectivity index (χ0n) is 12.3. The number of piperidine rings is 1.